The Morgan fingerprint density at radius 1 is 0.800 bits per heavy atom. The second-order valence-corrected chi connectivity index (χ2v) is 6.54. The average molecular weight is 352 g/mol. The smallest absolute Gasteiger partial charge is 0.138 e. The van der Waals surface area contributed by atoms with Gasteiger partial charge in [-0.3, -0.25) is 0 Å². The van der Waals surface area contributed by atoms with Crippen LogP contribution in [0.1, 0.15) is 22.3 Å². The van der Waals surface area contributed by atoms with E-state index < -0.39 is 0 Å². The highest BCUT2D eigenvalue weighted by atomic mass is 35.5. The summed E-state index contributed by atoms with van der Waals surface area (Å²) in [5.74, 6) is 0.716. The maximum atomic E-state index is 6.36. The molecule has 25 heavy (non-hydrogen) atoms. The van der Waals surface area contributed by atoms with Crippen LogP contribution in [-0.2, 0) is 19.7 Å². The first-order chi connectivity index (χ1) is 12.2. The quantitative estimate of drug-likeness (QED) is 0.605. The molecule has 0 heterocycles. The van der Waals surface area contributed by atoms with Gasteiger partial charge in [-0.15, -0.1) is 0 Å². The first-order valence-corrected chi connectivity index (χ1v) is 8.80. The fourth-order valence-corrected chi connectivity index (χ4v) is 2.82. The van der Waals surface area contributed by atoms with Gasteiger partial charge in [0.05, 0.1) is 5.02 Å². The van der Waals surface area contributed by atoms with E-state index in [0.29, 0.717) is 17.4 Å². The van der Waals surface area contributed by atoms with Gasteiger partial charge < -0.3 is 10.1 Å². The van der Waals surface area contributed by atoms with Crippen molar-refractivity contribution in [2.24, 2.45) is 0 Å². The number of benzene rings is 3. The summed E-state index contributed by atoms with van der Waals surface area (Å²) < 4.78 is 5.81. The topological polar surface area (TPSA) is 21.3 Å². The van der Waals surface area contributed by atoms with Crippen molar-refractivity contribution < 1.29 is 4.74 Å². The third-order valence-electron chi connectivity index (χ3n) is 4.01. The van der Waals surface area contributed by atoms with Crippen LogP contribution in [0.4, 0.5) is 0 Å². The average Bonchev–Trinajstić information content (AvgIpc) is 2.63. The number of rotatable bonds is 7. The Labute approximate surface area is 154 Å². The molecule has 0 saturated carbocycles. The molecule has 0 atom stereocenters. The monoisotopic (exact) mass is 351 g/mol. The summed E-state index contributed by atoms with van der Waals surface area (Å²) in [5, 5.41) is 4.09. The van der Waals surface area contributed by atoms with Crippen molar-refractivity contribution in [3.8, 4) is 5.75 Å². The second-order valence-electron chi connectivity index (χ2n) is 6.13. The van der Waals surface area contributed by atoms with E-state index in [0.717, 1.165) is 24.2 Å². The van der Waals surface area contributed by atoms with E-state index in [1.807, 2.05) is 48.5 Å². The molecule has 3 heteroatoms. The summed E-state index contributed by atoms with van der Waals surface area (Å²) in [4.78, 5) is 0. The van der Waals surface area contributed by atoms with Crippen molar-refractivity contribution >= 4 is 11.6 Å². The molecular formula is C22H22ClNO. The SMILES string of the molecule is Cc1ccc(CNCc2ccc(OCc3ccccc3)c(Cl)c2)cc1. The highest BCUT2D eigenvalue weighted by Gasteiger charge is 2.04. The van der Waals surface area contributed by atoms with Gasteiger partial charge in [-0.05, 0) is 35.7 Å². The number of ether oxygens (including phenoxy) is 1. The third kappa shape index (κ3) is 5.35. The van der Waals surface area contributed by atoms with Crippen LogP contribution < -0.4 is 10.1 Å². The van der Waals surface area contributed by atoms with Crippen LogP contribution in [0.15, 0.2) is 72.8 Å². The molecule has 0 radical (unpaired) electrons. The molecule has 0 aliphatic heterocycles. The second kappa shape index (κ2) is 8.70. The Morgan fingerprint density at radius 2 is 1.48 bits per heavy atom. The summed E-state index contributed by atoms with van der Waals surface area (Å²) >= 11 is 6.36. The Kier molecular flexibility index (Phi) is 6.10. The molecule has 0 aromatic heterocycles. The molecule has 0 amide bonds. The third-order valence-corrected chi connectivity index (χ3v) is 4.31. The molecule has 3 aromatic carbocycles. The molecule has 3 rings (SSSR count). The minimum Gasteiger partial charge on any atom is -0.487 e. The molecule has 0 aliphatic carbocycles. The Bertz CT molecular complexity index is 800. The van der Waals surface area contributed by atoms with Crippen LogP contribution >= 0.6 is 11.6 Å². The molecule has 3 aromatic rings. The van der Waals surface area contributed by atoms with Crippen molar-refractivity contribution in [2.75, 3.05) is 0 Å². The molecule has 2 nitrogen and oxygen atoms in total. The molecule has 1 N–H and O–H groups in total. The fourth-order valence-electron chi connectivity index (χ4n) is 2.56. The van der Waals surface area contributed by atoms with Gasteiger partial charge in [0, 0.05) is 13.1 Å². The predicted molar refractivity (Wildman–Crippen MR) is 104 cm³/mol. The van der Waals surface area contributed by atoms with Gasteiger partial charge in [0.1, 0.15) is 12.4 Å². The van der Waals surface area contributed by atoms with Crippen LogP contribution in [0.3, 0.4) is 0 Å². The summed E-state index contributed by atoms with van der Waals surface area (Å²) in [7, 11) is 0. The van der Waals surface area contributed by atoms with E-state index in [1.54, 1.807) is 0 Å². The first kappa shape index (κ1) is 17.5. The molecule has 0 saturated heterocycles. The van der Waals surface area contributed by atoms with Crippen LogP contribution in [0.25, 0.3) is 0 Å². The van der Waals surface area contributed by atoms with Crippen molar-refractivity contribution in [1.29, 1.82) is 0 Å². The van der Waals surface area contributed by atoms with Gasteiger partial charge in [-0.1, -0.05) is 77.8 Å². The molecule has 0 fully saturated rings. The number of hydrogen-bond donors (Lipinski definition) is 1. The largest absolute Gasteiger partial charge is 0.487 e. The Balaban J connectivity index is 1.51. The Morgan fingerprint density at radius 3 is 2.20 bits per heavy atom. The van der Waals surface area contributed by atoms with Gasteiger partial charge in [0.2, 0.25) is 0 Å². The van der Waals surface area contributed by atoms with E-state index in [-0.39, 0.29) is 0 Å². The van der Waals surface area contributed by atoms with Crippen molar-refractivity contribution in [2.45, 2.75) is 26.6 Å². The van der Waals surface area contributed by atoms with Gasteiger partial charge in [0.25, 0.3) is 0 Å². The highest BCUT2D eigenvalue weighted by Crippen LogP contribution is 2.26. The number of nitrogens with one attached hydrogen (secondary N) is 1. The lowest BCUT2D eigenvalue weighted by atomic mass is 10.1. The number of aryl methyl sites for hydroxylation is 1. The molecule has 0 spiro atoms. The van der Waals surface area contributed by atoms with Gasteiger partial charge >= 0.3 is 0 Å². The van der Waals surface area contributed by atoms with Crippen molar-refractivity contribution in [1.82, 2.24) is 5.32 Å². The van der Waals surface area contributed by atoms with Crippen LogP contribution in [0, 0.1) is 6.92 Å². The van der Waals surface area contributed by atoms with E-state index in [1.165, 1.54) is 11.1 Å². The maximum Gasteiger partial charge on any atom is 0.138 e. The van der Waals surface area contributed by atoms with E-state index in [2.05, 4.69) is 36.5 Å². The standard InChI is InChI=1S/C22H22ClNO/c1-17-7-9-18(10-8-17)14-24-15-20-11-12-22(21(23)13-20)25-16-19-5-3-2-4-6-19/h2-13,24H,14-16H2,1H3. The minimum atomic E-state index is 0.519. The molecule has 128 valence electrons. The fraction of sp³-hybridized carbons (Fsp3) is 0.182. The zero-order valence-electron chi connectivity index (χ0n) is 14.3. The molecular weight excluding hydrogens is 330 g/mol. The van der Waals surface area contributed by atoms with Crippen molar-refractivity contribution in [3.05, 3.63) is 100 Å². The highest BCUT2D eigenvalue weighted by molar-refractivity contribution is 6.32. The number of hydrogen-bond acceptors (Lipinski definition) is 2. The summed E-state index contributed by atoms with van der Waals surface area (Å²) in [5.41, 5.74) is 4.83. The first-order valence-electron chi connectivity index (χ1n) is 8.42. The normalized spacial score (nSPS) is 10.6. The molecule has 0 aliphatic rings. The summed E-state index contributed by atoms with van der Waals surface area (Å²) in [6.07, 6.45) is 0. The lowest BCUT2D eigenvalue weighted by Crippen LogP contribution is -2.12. The van der Waals surface area contributed by atoms with Crippen molar-refractivity contribution in [3.63, 3.8) is 0 Å². The van der Waals surface area contributed by atoms with Crippen LogP contribution in [0.5, 0.6) is 5.75 Å². The van der Waals surface area contributed by atoms with Gasteiger partial charge in [0.15, 0.2) is 0 Å². The summed E-state index contributed by atoms with van der Waals surface area (Å²) in [6.45, 7) is 4.23. The van der Waals surface area contributed by atoms with Gasteiger partial charge in [-0.25, -0.2) is 0 Å². The van der Waals surface area contributed by atoms with E-state index in [4.69, 9.17) is 16.3 Å². The lowest BCUT2D eigenvalue weighted by molar-refractivity contribution is 0.306. The maximum absolute atomic E-state index is 6.36. The molecule has 0 bridgehead atoms. The summed E-state index contributed by atoms with van der Waals surface area (Å²) in [6, 6.07) is 24.6. The Hall–Kier alpha value is -2.29. The van der Waals surface area contributed by atoms with E-state index in [9.17, 15) is 0 Å². The van der Waals surface area contributed by atoms with Gasteiger partial charge in [-0.2, -0.15) is 0 Å². The minimum absolute atomic E-state index is 0.519. The zero-order valence-corrected chi connectivity index (χ0v) is 15.1. The van der Waals surface area contributed by atoms with Crippen LogP contribution in [0.2, 0.25) is 5.02 Å². The lowest BCUT2D eigenvalue weighted by Gasteiger charge is -2.10. The zero-order chi connectivity index (χ0) is 17.5. The van der Waals surface area contributed by atoms with E-state index >= 15 is 0 Å². The number of halogens is 1. The predicted octanol–water partition coefficient (Wildman–Crippen LogP) is 5.52. The van der Waals surface area contributed by atoms with Crippen LogP contribution in [-0.4, -0.2) is 0 Å². The molecule has 0 unspecified atom stereocenters.